The summed E-state index contributed by atoms with van der Waals surface area (Å²) >= 11 is 0. The number of nitrogens with zero attached hydrogens (tertiary/aromatic N) is 3. The van der Waals surface area contributed by atoms with E-state index in [1.54, 1.807) is 0 Å². The molecule has 2 rings (SSSR count). The molecule has 0 aromatic heterocycles. The Kier molecular flexibility index (Phi) is 11.6. The number of nitrogens with one attached hydrogen (secondary N) is 3. The van der Waals surface area contributed by atoms with E-state index in [-0.39, 0.29) is 11.8 Å². The summed E-state index contributed by atoms with van der Waals surface area (Å²) in [5, 5.41) is 9.56. The third kappa shape index (κ3) is 9.68. The first kappa shape index (κ1) is 25.6. The van der Waals surface area contributed by atoms with Crippen LogP contribution in [0.4, 0.5) is 0 Å². The lowest BCUT2D eigenvalue weighted by atomic mass is 10.1. The van der Waals surface area contributed by atoms with Gasteiger partial charge >= 0.3 is 0 Å². The number of guanidine groups is 1. The molecule has 1 aromatic rings. The van der Waals surface area contributed by atoms with Crippen LogP contribution in [0.1, 0.15) is 54.9 Å². The quantitative estimate of drug-likeness (QED) is 0.275. The number of likely N-dealkylation sites (N-methyl/N-ethyl adjacent to an activating group) is 1. The van der Waals surface area contributed by atoms with Gasteiger partial charge in [-0.05, 0) is 58.0 Å². The summed E-state index contributed by atoms with van der Waals surface area (Å²) in [6.07, 6.45) is 4.85. The fourth-order valence-electron chi connectivity index (χ4n) is 3.57. The van der Waals surface area contributed by atoms with Gasteiger partial charge in [-0.25, -0.2) is 4.99 Å². The molecule has 0 atom stereocenters. The van der Waals surface area contributed by atoms with Crippen LogP contribution in [0.5, 0.6) is 0 Å². The molecule has 1 heterocycles. The number of hydrogen-bond acceptors (Lipinski definition) is 4. The molecule has 1 fully saturated rings. The van der Waals surface area contributed by atoms with E-state index in [1.165, 1.54) is 0 Å². The van der Waals surface area contributed by atoms with Crippen molar-refractivity contribution in [2.75, 3.05) is 53.4 Å². The van der Waals surface area contributed by atoms with E-state index in [4.69, 9.17) is 0 Å². The first-order chi connectivity index (χ1) is 15.5. The van der Waals surface area contributed by atoms with Gasteiger partial charge in [0.1, 0.15) is 0 Å². The minimum atomic E-state index is -0.0641. The van der Waals surface area contributed by atoms with Crippen LogP contribution in [-0.2, 0) is 11.3 Å². The largest absolute Gasteiger partial charge is 0.357 e. The summed E-state index contributed by atoms with van der Waals surface area (Å²) in [6, 6.07) is 7.59. The van der Waals surface area contributed by atoms with Crippen molar-refractivity contribution in [3.8, 4) is 0 Å². The van der Waals surface area contributed by atoms with Crippen LogP contribution in [0.25, 0.3) is 0 Å². The normalized spacial score (nSPS) is 14.9. The van der Waals surface area contributed by atoms with E-state index in [2.05, 4.69) is 20.9 Å². The van der Waals surface area contributed by atoms with Crippen molar-refractivity contribution in [1.29, 1.82) is 0 Å². The molecule has 2 amide bonds. The minimum absolute atomic E-state index is 0.0641. The van der Waals surface area contributed by atoms with Gasteiger partial charge in [0.05, 0.1) is 6.54 Å². The molecule has 1 aromatic carbocycles. The van der Waals surface area contributed by atoms with Gasteiger partial charge in [0.25, 0.3) is 5.91 Å². The van der Waals surface area contributed by atoms with Crippen LogP contribution in [0.3, 0.4) is 0 Å². The highest BCUT2D eigenvalue weighted by Gasteiger charge is 2.15. The molecule has 0 spiro atoms. The highest BCUT2D eigenvalue weighted by atomic mass is 16.2. The Labute approximate surface area is 192 Å². The molecular weight excluding hydrogens is 404 g/mol. The summed E-state index contributed by atoms with van der Waals surface area (Å²) in [4.78, 5) is 33.1. The lowest BCUT2D eigenvalue weighted by Gasteiger charge is -2.20. The van der Waals surface area contributed by atoms with Crippen LogP contribution < -0.4 is 16.0 Å². The summed E-state index contributed by atoms with van der Waals surface area (Å²) in [5.41, 5.74) is 1.63. The topological polar surface area (TPSA) is 89.1 Å². The maximum atomic E-state index is 12.4. The molecule has 8 nitrogen and oxygen atoms in total. The molecule has 0 aliphatic carbocycles. The van der Waals surface area contributed by atoms with Crippen LogP contribution in [-0.4, -0.2) is 80.9 Å². The first-order valence-corrected chi connectivity index (χ1v) is 11.8. The highest BCUT2D eigenvalue weighted by Crippen LogP contribution is 2.11. The van der Waals surface area contributed by atoms with Crippen molar-refractivity contribution in [3.63, 3.8) is 0 Å². The van der Waals surface area contributed by atoms with Crippen molar-refractivity contribution < 1.29 is 9.59 Å². The lowest BCUT2D eigenvalue weighted by molar-refractivity contribution is -0.130. The van der Waals surface area contributed by atoms with Gasteiger partial charge < -0.3 is 25.8 Å². The van der Waals surface area contributed by atoms with Gasteiger partial charge in [-0.1, -0.05) is 18.6 Å². The molecule has 32 heavy (non-hydrogen) atoms. The van der Waals surface area contributed by atoms with Crippen molar-refractivity contribution in [3.05, 3.63) is 35.4 Å². The summed E-state index contributed by atoms with van der Waals surface area (Å²) < 4.78 is 0. The van der Waals surface area contributed by atoms with E-state index in [9.17, 15) is 9.59 Å². The Balaban J connectivity index is 1.82. The van der Waals surface area contributed by atoms with Gasteiger partial charge in [0, 0.05) is 51.3 Å². The Bertz CT molecular complexity index is 750. The minimum Gasteiger partial charge on any atom is -0.357 e. The first-order valence-electron chi connectivity index (χ1n) is 11.8. The maximum Gasteiger partial charge on any atom is 0.251 e. The molecule has 3 N–H and O–H groups in total. The smallest absolute Gasteiger partial charge is 0.251 e. The second-order valence-electron chi connectivity index (χ2n) is 8.43. The molecule has 0 bridgehead atoms. The predicted molar refractivity (Wildman–Crippen MR) is 130 cm³/mol. The van der Waals surface area contributed by atoms with Gasteiger partial charge in [-0.3, -0.25) is 9.59 Å². The van der Waals surface area contributed by atoms with E-state index >= 15 is 0 Å². The maximum absolute atomic E-state index is 12.4. The molecule has 1 aliphatic heterocycles. The summed E-state index contributed by atoms with van der Waals surface area (Å²) in [5.74, 6) is 0.968. The van der Waals surface area contributed by atoms with E-state index in [0.717, 1.165) is 69.9 Å². The Hall–Kier alpha value is -2.61. The number of aliphatic imine (C=N–C) groups is 1. The van der Waals surface area contributed by atoms with Gasteiger partial charge in [-0.15, -0.1) is 0 Å². The number of carbonyl (C=O) groups is 2. The Morgan fingerprint density at radius 1 is 1.12 bits per heavy atom. The van der Waals surface area contributed by atoms with Crippen molar-refractivity contribution in [1.82, 2.24) is 25.8 Å². The SMILES string of the molecule is CCNC(=NCc1cccc(C(=O)NCCN(C)C)c1)NCCCN1CCCCCC1=O. The zero-order chi connectivity index (χ0) is 23.2. The standard InChI is InChI=1S/C24H40N6O2/c1-4-25-24(27-13-9-16-30-15-7-5-6-12-22(30)31)28-19-20-10-8-11-21(18-20)23(32)26-14-17-29(2)3/h8,10-11,18H,4-7,9,12-17,19H2,1-3H3,(H,26,32)(H2,25,27,28). The zero-order valence-corrected chi connectivity index (χ0v) is 20.0. The molecule has 8 heteroatoms. The van der Waals surface area contributed by atoms with Crippen LogP contribution in [0, 0.1) is 0 Å². The summed E-state index contributed by atoms with van der Waals surface area (Å²) in [6.45, 7) is 7.13. The van der Waals surface area contributed by atoms with Crippen LogP contribution >= 0.6 is 0 Å². The van der Waals surface area contributed by atoms with Crippen LogP contribution in [0.15, 0.2) is 29.3 Å². The van der Waals surface area contributed by atoms with Crippen molar-refractivity contribution in [2.24, 2.45) is 4.99 Å². The van der Waals surface area contributed by atoms with Crippen molar-refractivity contribution in [2.45, 2.75) is 45.6 Å². The number of amides is 2. The Morgan fingerprint density at radius 3 is 2.75 bits per heavy atom. The second kappa shape index (κ2) is 14.5. The van der Waals surface area contributed by atoms with E-state index in [0.29, 0.717) is 25.1 Å². The fourth-order valence-corrected chi connectivity index (χ4v) is 3.57. The molecule has 178 valence electrons. The predicted octanol–water partition coefficient (Wildman–Crippen LogP) is 1.83. The fraction of sp³-hybridized carbons (Fsp3) is 0.625. The second-order valence-corrected chi connectivity index (χ2v) is 8.43. The monoisotopic (exact) mass is 444 g/mol. The van der Waals surface area contributed by atoms with E-state index in [1.807, 2.05) is 55.1 Å². The zero-order valence-electron chi connectivity index (χ0n) is 20.0. The highest BCUT2D eigenvalue weighted by molar-refractivity contribution is 5.94. The van der Waals surface area contributed by atoms with Gasteiger partial charge in [0.15, 0.2) is 5.96 Å². The average molecular weight is 445 g/mol. The van der Waals surface area contributed by atoms with Gasteiger partial charge in [-0.2, -0.15) is 0 Å². The molecule has 0 unspecified atom stereocenters. The molecule has 0 saturated carbocycles. The van der Waals surface area contributed by atoms with Crippen LogP contribution in [0.2, 0.25) is 0 Å². The number of hydrogen-bond donors (Lipinski definition) is 3. The number of carbonyl (C=O) groups excluding carboxylic acids is 2. The Morgan fingerprint density at radius 2 is 1.97 bits per heavy atom. The molecule has 1 saturated heterocycles. The number of likely N-dealkylation sites (tertiary alicyclic amines) is 1. The molecule has 0 radical (unpaired) electrons. The average Bonchev–Trinajstić information content (AvgIpc) is 2.98. The van der Waals surface area contributed by atoms with Gasteiger partial charge in [0.2, 0.25) is 5.91 Å². The number of rotatable bonds is 11. The third-order valence-electron chi connectivity index (χ3n) is 5.37. The van der Waals surface area contributed by atoms with E-state index < -0.39 is 0 Å². The summed E-state index contributed by atoms with van der Waals surface area (Å²) in [7, 11) is 3.96. The number of benzene rings is 1. The molecular formula is C24H40N6O2. The van der Waals surface area contributed by atoms with Crippen molar-refractivity contribution >= 4 is 17.8 Å². The lowest BCUT2D eigenvalue weighted by Crippen LogP contribution is -2.39. The molecule has 1 aliphatic rings. The third-order valence-corrected chi connectivity index (χ3v) is 5.37.